The van der Waals surface area contributed by atoms with Crippen LogP contribution < -0.4 is 0 Å². The molecule has 38 heavy (non-hydrogen) atoms. The Balaban J connectivity index is 1.83. The molecule has 0 bridgehead atoms. The molecule has 0 radical (unpaired) electrons. The molecule has 0 aliphatic heterocycles. The number of amides is 2. The summed E-state index contributed by atoms with van der Waals surface area (Å²) in [5, 5.41) is 0. The van der Waals surface area contributed by atoms with Crippen molar-refractivity contribution in [1.82, 2.24) is 34.7 Å². The Hall–Kier alpha value is -4.53. The summed E-state index contributed by atoms with van der Waals surface area (Å²) in [5.41, 5.74) is 2.32. The van der Waals surface area contributed by atoms with E-state index < -0.39 is 0 Å². The number of benzene rings is 1. The average Bonchev–Trinajstić information content (AvgIpc) is 2.98. The van der Waals surface area contributed by atoms with Gasteiger partial charge in [0.25, 0.3) is 11.8 Å². The Bertz CT molecular complexity index is 1330. The zero-order valence-corrected chi connectivity index (χ0v) is 22.1. The summed E-state index contributed by atoms with van der Waals surface area (Å²) in [5.74, 6) is 0.753. The molecule has 0 saturated heterocycles. The third kappa shape index (κ3) is 5.72. The summed E-state index contributed by atoms with van der Waals surface area (Å²) in [6.45, 7) is 10.1. The van der Waals surface area contributed by atoms with E-state index >= 15 is 0 Å². The molecule has 194 valence electrons. The lowest BCUT2D eigenvalue weighted by atomic mass is 10.2. The first-order valence-corrected chi connectivity index (χ1v) is 12.8. The fourth-order valence-corrected chi connectivity index (χ4v) is 4.02. The summed E-state index contributed by atoms with van der Waals surface area (Å²) in [7, 11) is 0. The largest absolute Gasteiger partial charge is 0.338 e. The van der Waals surface area contributed by atoms with Gasteiger partial charge in [-0.25, -0.2) is 24.9 Å². The molecule has 0 spiro atoms. The van der Waals surface area contributed by atoms with E-state index in [9.17, 15) is 9.59 Å². The van der Waals surface area contributed by atoms with Crippen LogP contribution in [0.3, 0.4) is 0 Å². The normalized spacial score (nSPS) is 10.7. The quantitative estimate of drug-likeness (QED) is 0.324. The van der Waals surface area contributed by atoms with Crippen LogP contribution in [0, 0.1) is 0 Å². The zero-order chi connectivity index (χ0) is 27.1. The second kappa shape index (κ2) is 12.1. The molecule has 0 saturated carbocycles. The molecule has 0 N–H and O–H groups in total. The SMILES string of the molecule is CCN(CC)C(=O)c1cccc(-c2nc(-c3ccccc3)nc(-c3cccc(C(=O)N(CC)CC)n3)n2)n1. The highest BCUT2D eigenvalue weighted by molar-refractivity contribution is 5.93. The summed E-state index contributed by atoms with van der Waals surface area (Å²) < 4.78 is 0. The van der Waals surface area contributed by atoms with Crippen LogP contribution in [0.15, 0.2) is 66.7 Å². The minimum atomic E-state index is -0.154. The van der Waals surface area contributed by atoms with Crippen molar-refractivity contribution >= 4 is 11.8 Å². The van der Waals surface area contributed by atoms with Crippen LogP contribution in [-0.4, -0.2) is 72.7 Å². The highest BCUT2D eigenvalue weighted by atomic mass is 16.2. The summed E-state index contributed by atoms with van der Waals surface area (Å²) in [4.78, 5) is 52.5. The molecule has 1 aromatic carbocycles. The highest BCUT2D eigenvalue weighted by Gasteiger charge is 2.19. The van der Waals surface area contributed by atoms with Crippen LogP contribution in [0.2, 0.25) is 0 Å². The maximum absolute atomic E-state index is 12.9. The van der Waals surface area contributed by atoms with Gasteiger partial charge in [0.05, 0.1) is 0 Å². The predicted molar refractivity (Wildman–Crippen MR) is 146 cm³/mol. The van der Waals surface area contributed by atoms with E-state index in [4.69, 9.17) is 0 Å². The second-order valence-corrected chi connectivity index (χ2v) is 8.44. The van der Waals surface area contributed by atoms with Crippen molar-refractivity contribution in [2.75, 3.05) is 26.2 Å². The van der Waals surface area contributed by atoms with Crippen molar-refractivity contribution in [3.63, 3.8) is 0 Å². The Morgan fingerprint density at radius 2 is 0.947 bits per heavy atom. The van der Waals surface area contributed by atoms with Gasteiger partial charge in [-0.2, -0.15) is 0 Å². The third-order valence-corrected chi connectivity index (χ3v) is 6.16. The van der Waals surface area contributed by atoms with E-state index in [0.29, 0.717) is 66.4 Å². The Morgan fingerprint density at radius 1 is 0.526 bits per heavy atom. The monoisotopic (exact) mass is 509 g/mol. The standard InChI is InChI=1S/C29H31N7O2/c1-5-35(6-2)28(37)23-18-12-16-21(30-23)26-32-25(20-14-10-9-11-15-20)33-27(34-26)22-17-13-19-24(31-22)29(38)36(7-3)8-4/h9-19H,5-8H2,1-4H3. The molecule has 4 aromatic rings. The maximum atomic E-state index is 12.9. The number of hydrogen-bond donors (Lipinski definition) is 0. The Labute approximate surface area is 222 Å². The molecule has 2 amide bonds. The number of nitrogens with zero attached hydrogens (tertiary/aromatic N) is 7. The number of aromatic nitrogens is 5. The molecule has 3 aromatic heterocycles. The number of carbonyl (C=O) groups is 2. The van der Waals surface area contributed by atoms with E-state index in [1.807, 2.05) is 58.0 Å². The first-order chi connectivity index (χ1) is 18.5. The molecule has 0 atom stereocenters. The topological polar surface area (TPSA) is 105 Å². The van der Waals surface area contributed by atoms with Gasteiger partial charge in [0.2, 0.25) is 0 Å². The molecule has 4 rings (SSSR count). The van der Waals surface area contributed by atoms with Crippen molar-refractivity contribution in [3.05, 3.63) is 78.1 Å². The molecule has 9 heteroatoms. The van der Waals surface area contributed by atoms with Crippen molar-refractivity contribution in [2.24, 2.45) is 0 Å². The van der Waals surface area contributed by atoms with Gasteiger partial charge < -0.3 is 9.80 Å². The lowest BCUT2D eigenvalue weighted by molar-refractivity contribution is 0.0759. The summed E-state index contributed by atoms with van der Waals surface area (Å²) in [6.07, 6.45) is 0. The van der Waals surface area contributed by atoms with Gasteiger partial charge in [-0.05, 0) is 52.0 Å². The number of pyridine rings is 2. The van der Waals surface area contributed by atoms with Crippen LogP contribution in [0.1, 0.15) is 48.7 Å². The van der Waals surface area contributed by atoms with Gasteiger partial charge in [-0.3, -0.25) is 9.59 Å². The van der Waals surface area contributed by atoms with E-state index in [2.05, 4.69) is 24.9 Å². The van der Waals surface area contributed by atoms with Gasteiger partial charge in [0.15, 0.2) is 17.5 Å². The molecule has 0 fully saturated rings. The van der Waals surface area contributed by atoms with Crippen LogP contribution in [0.5, 0.6) is 0 Å². The minimum absolute atomic E-state index is 0.154. The average molecular weight is 510 g/mol. The lowest BCUT2D eigenvalue weighted by Crippen LogP contribution is -2.31. The Morgan fingerprint density at radius 3 is 1.37 bits per heavy atom. The van der Waals surface area contributed by atoms with Crippen LogP contribution in [0.4, 0.5) is 0 Å². The molecular weight excluding hydrogens is 478 g/mol. The maximum Gasteiger partial charge on any atom is 0.272 e. The van der Waals surface area contributed by atoms with Crippen LogP contribution >= 0.6 is 0 Å². The predicted octanol–water partition coefficient (Wildman–Crippen LogP) is 4.63. The van der Waals surface area contributed by atoms with E-state index in [1.54, 1.807) is 46.2 Å². The molecule has 0 aliphatic carbocycles. The van der Waals surface area contributed by atoms with Gasteiger partial charge in [0, 0.05) is 31.7 Å². The van der Waals surface area contributed by atoms with E-state index in [0.717, 1.165) is 5.56 Å². The summed E-state index contributed by atoms with van der Waals surface area (Å²) in [6, 6.07) is 20.0. The van der Waals surface area contributed by atoms with Gasteiger partial charge in [-0.15, -0.1) is 0 Å². The summed E-state index contributed by atoms with van der Waals surface area (Å²) >= 11 is 0. The third-order valence-electron chi connectivity index (χ3n) is 6.16. The van der Waals surface area contributed by atoms with Gasteiger partial charge >= 0.3 is 0 Å². The first-order valence-electron chi connectivity index (χ1n) is 12.8. The van der Waals surface area contributed by atoms with Crippen LogP contribution in [0.25, 0.3) is 34.4 Å². The van der Waals surface area contributed by atoms with E-state index in [1.165, 1.54) is 0 Å². The minimum Gasteiger partial charge on any atom is -0.338 e. The first kappa shape index (κ1) is 26.5. The molecule has 0 unspecified atom stereocenters. The van der Waals surface area contributed by atoms with Crippen molar-refractivity contribution < 1.29 is 9.59 Å². The highest BCUT2D eigenvalue weighted by Crippen LogP contribution is 2.23. The zero-order valence-electron chi connectivity index (χ0n) is 22.1. The molecule has 0 aliphatic rings. The molecule has 9 nitrogen and oxygen atoms in total. The lowest BCUT2D eigenvalue weighted by Gasteiger charge is -2.18. The molecule has 3 heterocycles. The number of carbonyl (C=O) groups excluding carboxylic acids is 2. The molecular formula is C29H31N7O2. The number of hydrogen-bond acceptors (Lipinski definition) is 7. The van der Waals surface area contributed by atoms with Crippen LogP contribution in [-0.2, 0) is 0 Å². The van der Waals surface area contributed by atoms with Crippen molar-refractivity contribution in [2.45, 2.75) is 27.7 Å². The van der Waals surface area contributed by atoms with Crippen molar-refractivity contribution in [1.29, 1.82) is 0 Å². The van der Waals surface area contributed by atoms with E-state index in [-0.39, 0.29) is 11.8 Å². The van der Waals surface area contributed by atoms with Gasteiger partial charge in [0.1, 0.15) is 22.8 Å². The smallest absolute Gasteiger partial charge is 0.272 e. The number of rotatable bonds is 9. The van der Waals surface area contributed by atoms with Crippen molar-refractivity contribution in [3.8, 4) is 34.4 Å². The Kier molecular flexibility index (Phi) is 8.47. The fourth-order valence-electron chi connectivity index (χ4n) is 4.02. The fraction of sp³-hybridized carbons (Fsp3) is 0.276. The van der Waals surface area contributed by atoms with Gasteiger partial charge in [-0.1, -0.05) is 42.5 Å². The second-order valence-electron chi connectivity index (χ2n) is 8.44.